The van der Waals surface area contributed by atoms with Crippen molar-refractivity contribution in [2.75, 3.05) is 13.2 Å². The van der Waals surface area contributed by atoms with Crippen LogP contribution < -0.4 is 4.74 Å². The van der Waals surface area contributed by atoms with Gasteiger partial charge in [0.05, 0.1) is 23.2 Å². The first-order valence-electron chi connectivity index (χ1n) is 6.44. The quantitative estimate of drug-likeness (QED) is 0.493. The summed E-state index contributed by atoms with van der Waals surface area (Å²) in [4.78, 5) is 10.2. The maximum absolute atomic E-state index is 10.7. The van der Waals surface area contributed by atoms with E-state index in [9.17, 15) is 15.2 Å². The van der Waals surface area contributed by atoms with Crippen molar-refractivity contribution in [1.82, 2.24) is 0 Å². The van der Waals surface area contributed by atoms with E-state index < -0.39 is 11.0 Å². The minimum absolute atomic E-state index is 0.0702. The van der Waals surface area contributed by atoms with E-state index in [0.29, 0.717) is 24.5 Å². The van der Waals surface area contributed by atoms with Crippen LogP contribution in [-0.2, 0) is 4.74 Å². The van der Waals surface area contributed by atoms with E-state index in [1.54, 1.807) is 0 Å². The molecule has 0 saturated carbocycles. The number of rotatable bonds is 6. The summed E-state index contributed by atoms with van der Waals surface area (Å²) in [6.45, 7) is 8.09. The fourth-order valence-corrected chi connectivity index (χ4v) is 1.61. The lowest BCUT2D eigenvalue weighted by atomic mass is 10.1. The Labute approximate surface area is 118 Å². The zero-order chi connectivity index (χ0) is 15.3. The molecule has 1 aromatic rings. The molecule has 112 valence electrons. The number of nitrogens with zero attached hydrogens (tertiary/aromatic N) is 1. The van der Waals surface area contributed by atoms with Crippen molar-refractivity contribution in [3.8, 4) is 5.75 Å². The molecule has 0 unspecified atom stereocenters. The van der Waals surface area contributed by atoms with Crippen LogP contribution in [0.15, 0.2) is 18.2 Å². The number of benzene rings is 1. The predicted octanol–water partition coefficient (Wildman–Crippen LogP) is 2.84. The van der Waals surface area contributed by atoms with E-state index in [1.165, 1.54) is 25.1 Å². The Balaban J connectivity index is 2.72. The van der Waals surface area contributed by atoms with Crippen LogP contribution in [0.25, 0.3) is 0 Å². The summed E-state index contributed by atoms with van der Waals surface area (Å²) in [6, 6.07) is 4.17. The fraction of sp³-hybridized carbons (Fsp3) is 0.571. The Morgan fingerprint density at radius 3 is 2.50 bits per heavy atom. The van der Waals surface area contributed by atoms with Gasteiger partial charge >= 0.3 is 0 Å². The number of nitro groups is 1. The highest BCUT2D eigenvalue weighted by Crippen LogP contribution is 2.29. The van der Waals surface area contributed by atoms with Crippen molar-refractivity contribution >= 4 is 5.69 Å². The number of aliphatic hydroxyl groups excluding tert-OH is 1. The topological polar surface area (TPSA) is 81.8 Å². The van der Waals surface area contributed by atoms with E-state index in [0.717, 1.165) is 0 Å². The third-order valence-electron chi connectivity index (χ3n) is 2.53. The van der Waals surface area contributed by atoms with Crippen LogP contribution >= 0.6 is 0 Å². The average molecular weight is 283 g/mol. The number of hydrogen-bond donors (Lipinski definition) is 1. The highest BCUT2D eigenvalue weighted by molar-refractivity contribution is 5.44. The number of aliphatic hydroxyl groups is 1. The summed E-state index contributed by atoms with van der Waals surface area (Å²) in [7, 11) is 0. The second kappa shape index (κ2) is 6.67. The molecule has 1 aromatic carbocycles. The Morgan fingerprint density at radius 2 is 2.00 bits per heavy atom. The Morgan fingerprint density at radius 1 is 1.35 bits per heavy atom. The number of non-ortho nitro benzene ring substituents is 1. The van der Waals surface area contributed by atoms with Crippen LogP contribution in [0.1, 0.15) is 39.4 Å². The Kier molecular flexibility index (Phi) is 5.47. The summed E-state index contributed by atoms with van der Waals surface area (Å²) < 4.78 is 11.0. The van der Waals surface area contributed by atoms with Gasteiger partial charge in [0.15, 0.2) is 0 Å². The van der Waals surface area contributed by atoms with Gasteiger partial charge in [0.2, 0.25) is 0 Å². The molecule has 0 radical (unpaired) electrons. The summed E-state index contributed by atoms with van der Waals surface area (Å²) >= 11 is 0. The Bertz CT molecular complexity index is 465. The molecule has 0 aliphatic rings. The standard InChI is InChI=1S/C14H21NO5/c1-10(16)12-9-11(15(17)18)5-6-13(12)19-7-8-20-14(2,3)4/h5-6,9-10,16H,7-8H2,1-4H3/t10-/m1/s1. The number of hydrogen-bond acceptors (Lipinski definition) is 5. The first kappa shape index (κ1) is 16.4. The molecule has 0 spiro atoms. The van der Waals surface area contributed by atoms with Crippen molar-refractivity contribution < 1.29 is 19.5 Å². The van der Waals surface area contributed by atoms with E-state index >= 15 is 0 Å². The maximum atomic E-state index is 10.7. The van der Waals surface area contributed by atoms with Crippen LogP contribution in [0, 0.1) is 10.1 Å². The number of ether oxygens (including phenoxy) is 2. The first-order valence-corrected chi connectivity index (χ1v) is 6.44. The SMILES string of the molecule is C[C@@H](O)c1cc([N+](=O)[O-])ccc1OCCOC(C)(C)C. The third kappa shape index (κ3) is 5.14. The molecule has 1 N–H and O–H groups in total. The molecular weight excluding hydrogens is 262 g/mol. The molecule has 1 atom stereocenters. The first-order chi connectivity index (χ1) is 9.20. The van der Waals surface area contributed by atoms with Gasteiger partial charge in [-0.25, -0.2) is 0 Å². The van der Waals surface area contributed by atoms with E-state index in [-0.39, 0.29) is 11.3 Å². The lowest BCUT2D eigenvalue weighted by molar-refractivity contribution is -0.385. The Hall–Kier alpha value is -1.66. The van der Waals surface area contributed by atoms with E-state index in [4.69, 9.17) is 9.47 Å². The second-order valence-corrected chi connectivity index (χ2v) is 5.46. The van der Waals surface area contributed by atoms with Crippen molar-refractivity contribution in [2.45, 2.75) is 39.4 Å². The highest BCUT2D eigenvalue weighted by Gasteiger charge is 2.16. The lowest BCUT2D eigenvalue weighted by Gasteiger charge is -2.20. The van der Waals surface area contributed by atoms with Gasteiger partial charge in [-0.15, -0.1) is 0 Å². The van der Waals surface area contributed by atoms with Gasteiger partial charge in [-0.05, 0) is 33.8 Å². The van der Waals surface area contributed by atoms with Gasteiger partial charge in [-0.3, -0.25) is 10.1 Å². The minimum atomic E-state index is -0.839. The predicted molar refractivity (Wildman–Crippen MR) is 74.9 cm³/mol. The smallest absolute Gasteiger partial charge is 0.270 e. The van der Waals surface area contributed by atoms with Gasteiger partial charge in [-0.1, -0.05) is 0 Å². The normalized spacial score (nSPS) is 13.1. The molecule has 6 heteroatoms. The largest absolute Gasteiger partial charge is 0.491 e. The summed E-state index contributed by atoms with van der Waals surface area (Å²) in [5.74, 6) is 0.433. The average Bonchev–Trinajstić information content (AvgIpc) is 2.33. The van der Waals surface area contributed by atoms with Gasteiger partial charge in [0.25, 0.3) is 5.69 Å². The fourth-order valence-electron chi connectivity index (χ4n) is 1.61. The van der Waals surface area contributed by atoms with Crippen molar-refractivity contribution in [3.05, 3.63) is 33.9 Å². The molecule has 0 heterocycles. The molecular formula is C14H21NO5. The van der Waals surface area contributed by atoms with E-state index in [2.05, 4.69) is 0 Å². The van der Waals surface area contributed by atoms with Crippen molar-refractivity contribution in [2.24, 2.45) is 0 Å². The summed E-state index contributed by atoms with van der Waals surface area (Å²) in [5.41, 5.74) is 0.0838. The summed E-state index contributed by atoms with van der Waals surface area (Å²) in [6.07, 6.45) is -0.839. The van der Waals surface area contributed by atoms with Gasteiger partial charge in [0.1, 0.15) is 12.4 Å². The lowest BCUT2D eigenvalue weighted by Crippen LogP contribution is -2.22. The molecule has 0 bridgehead atoms. The van der Waals surface area contributed by atoms with Crippen molar-refractivity contribution in [1.29, 1.82) is 0 Å². The minimum Gasteiger partial charge on any atom is -0.491 e. The van der Waals surface area contributed by atoms with Gasteiger partial charge < -0.3 is 14.6 Å². The molecule has 0 aliphatic carbocycles. The third-order valence-corrected chi connectivity index (χ3v) is 2.53. The van der Waals surface area contributed by atoms with Gasteiger partial charge in [0, 0.05) is 17.7 Å². The molecule has 0 amide bonds. The molecule has 0 fully saturated rings. The zero-order valence-corrected chi connectivity index (χ0v) is 12.3. The molecule has 20 heavy (non-hydrogen) atoms. The van der Waals surface area contributed by atoms with Crippen LogP contribution in [0.2, 0.25) is 0 Å². The molecule has 0 saturated heterocycles. The van der Waals surface area contributed by atoms with E-state index in [1.807, 2.05) is 20.8 Å². The molecule has 0 aliphatic heterocycles. The van der Waals surface area contributed by atoms with Crippen LogP contribution in [0.3, 0.4) is 0 Å². The monoisotopic (exact) mass is 283 g/mol. The maximum Gasteiger partial charge on any atom is 0.270 e. The highest BCUT2D eigenvalue weighted by atomic mass is 16.6. The second-order valence-electron chi connectivity index (χ2n) is 5.46. The van der Waals surface area contributed by atoms with Gasteiger partial charge in [-0.2, -0.15) is 0 Å². The molecule has 1 rings (SSSR count). The van der Waals surface area contributed by atoms with Crippen LogP contribution in [-0.4, -0.2) is 28.8 Å². The molecule has 6 nitrogen and oxygen atoms in total. The van der Waals surface area contributed by atoms with Crippen molar-refractivity contribution in [3.63, 3.8) is 0 Å². The zero-order valence-electron chi connectivity index (χ0n) is 12.3. The number of nitro benzene ring substituents is 1. The molecule has 0 aromatic heterocycles. The van der Waals surface area contributed by atoms with Crippen LogP contribution in [0.5, 0.6) is 5.75 Å². The van der Waals surface area contributed by atoms with Crippen LogP contribution in [0.4, 0.5) is 5.69 Å². The summed E-state index contributed by atoms with van der Waals surface area (Å²) in [5, 5.41) is 20.4.